The van der Waals surface area contributed by atoms with Crippen LogP contribution in [0.1, 0.15) is 13.8 Å². The largest absolute Gasteiger partial charge is 0.436 e. The molecule has 0 aliphatic heterocycles. The van der Waals surface area contributed by atoms with E-state index in [9.17, 15) is 13.2 Å². The van der Waals surface area contributed by atoms with Crippen molar-refractivity contribution in [3.05, 3.63) is 23.8 Å². The second-order valence-corrected chi connectivity index (χ2v) is 2.59. The van der Waals surface area contributed by atoms with E-state index in [2.05, 4.69) is 11.7 Å². The van der Waals surface area contributed by atoms with Gasteiger partial charge >= 0.3 is 6.18 Å². The van der Waals surface area contributed by atoms with Crippen LogP contribution in [0.3, 0.4) is 0 Å². The molecule has 0 aromatic carbocycles. The molecule has 0 aliphatic rings. The summed E-state index contributed by atoms with van der Waals surface area (Å²) in [7, 11) is 0. The van der Waals surface area contributed by atoms with Gasteiger partial charge in [-0.1, -0.05) is 17.3 Å². The Kier molecular flexibility index (Phi) is 3.71. The molecular weight excluding hydrogens is 183 g/mol. The smallest absolute Gasteiger partial charge is 0.410 e. The standard InChI is InChI=1S/C8H10F3NO/c1-5(2)6(3)4-7(12-13)8(9,10)11/h4,13H,1H2,2-3H3/b6-4+,12-7-. The Morgan fingerprint density at radius 3 is 2.08 bits per heavy atom. The summed E-state index contributed by atoms with van der Waals surface area (Å²) >= 11 is 0. The second-order valence-electron chi connectivity index (χ2n) is 2.59. The summed E-state index contributed by atoms with van der Waals surface area (Å²) in [5.41, 5.74) is -0.511. The molecule has 0 unspecified atom stereocenters. The predicted molar refractivity (Wildman–Crippen MR) is 43.8 cm³/mol. The van der Waals surface area contributed by atoms with Gasteiger partial charge in [-0.25, -0.2) is 0 Å². The quantitative estimate of drug-likeness (QED) is 0.311. The van der Waals surface area contributed by atoms with Crippen molar-refractivity contribution in [1.82, 2.24) is 0 Å². The minimum Gasteiger partial charge on any atom is -0.410 e. The van der Waals surface area contributed by atoms with Gasteiger partial charge < -0.3 is 5.21 Å². The zero-order valence-corrected chi connectivity index (χ0v) is 7.31. The Morgan fingerprint density at radius 1 is 1.38 bits per heavy atom. The first-order chi connectivity index (χ1) is 5.79. The molecule has 74 valence electrons. The molecule has 0 bridgehead atoms. The molecule has 0 amide bonds. The van der Waals surface area contributed by atoms with Crippen molar-refractivity contribution in [1.29, 1.82) is 0 Å². The average molecular weight is 193 g/mol. The molecule has 0 aromatic heterocycles. The number of nitrogens with zero attached hydrogens (tertiary/aromatic N) is 1. The Balaban J connectivity index is 4.87. The number of hydrogen-bond donors (Lipinski definition) is 1. The van der Waals surface area contributed by atoms with Crippen LogP contribution in [-0.2, 0) is 0 Å². The number of rotatable bonds is 2. The van der Waals surface area contributed by atoms with Crippen molar-refractivity contribution in [2.45, 2.75) is 20.0 Å². The highest BCUT2D eigenvalue weighted by atomic mass is 19.4. The van der Waals surface area contributed by atoms with E-state index in [4.69, 9.17) is 5.21 Å². The predicted octanol–water partition coefficient (Wildman–Crippen LogP) is 2.90. The van der Waals surface area contributed by atoms with E-state index in [1.54, 1.807) is 6.92 Å². The minimum atomic E-state index is -4.63. The SMILES string of the molecule is C=C(C)/C(C)=C/C(=N/O)C(F)(F)F. The van der Waals surface area contributed by atoms with Crippen molar-refractivity contribution in [3.8, 4) is 0 Å². The third kappa shape index (κ3) is 3.78. The molecule has 1 N–H and O–H groups in total. The van der Waals surface area contributed by atoms with Gasteiger partial charge in [0.25, 0.3) is 0 Å². The van der Waals surface area contributed by atoms with Gasteiger partial charge in [0.2, 0.25) is 0 Å². The molecule has 0 heterocycles. The Labute approximate surface area is 74.1 Å². The second kappa shape index (κ2) is 4.11. The summed E-state index contributed by atoms with van der Waals surface area (Å²) < 4.78 is 35.9. The fraction of sp³-hybridized carbons (Fsp3) is 0.375. The maximum absolute atomic E-state index is 12.0. The maximum Gasteiger partial charge on any atom is 0.436 e. The van der Waals surface area contributed by atoms with Crippen LogP contribution in [0.15, 0.2) is 29.0 Å². The molecule has 0 aromatic rings. The van der Waals surface area contributed by atoms with Crippen LogP contribution in [0.5, 0.6) is 0 Å². The molecule has 0 aliphatic carbocycles. The topological polar surface area (TPSA) is 32.6 Å². The van der Waals surface area contributed by atoms with Gasteiger partial charge in [-0.15, -0.1) is 0 Å². The number of halogens is 3. The third-order valence-electron chi connectivity index (χ3n) is 1.42. The highest BCUT2D eigenvalue weighted by molar-refractivity contribution is 5.99. The molecular formula is C8H10F3NO. The highest BCUT2D eigenvalue weighted by Gasteiger charge is 2.34. The lowest BCUT2D eigenvalue weighted by Gasteiger charge is -2.05. The maximum atomic E-state index is 12.0. The van der Waals surface area contributed by atoms with E-state index in [1.165, 1.54) is 6.92 Å². The fourth-order valence-electron chi connectivity index (χ4n) is 0.496. The van der Waals surface area contributed by atoms with Crippen LogP contribution in [0.25, 0.3) is 0 Å². The first kappa shape index (κ1) is 11.7. The fourth-order valence-corrected chi connectivity index (χ4v) is 0.496. The molecule has 0 fully saturated rings. The molecule has 0 atom stereocenters. The van der Waals surface area contributed by atoms with Crippen LogP contribution in [0, 0.1) is 0 Å². The molecule has 2 nitrogen and oxygen atoms in total. The summed E-state index contributed by atoms with van der Waals surface area (Å²) in [6, 6.07) is 0. The molecule has 13 heavy (non-hydrogen) atoms. The van der Waals surface area contributed by atoms with Crippen molar-refractivity contribution in [3.63, 3.8) is 0 Å². The average Bonchev–Trinajstić information content (AvgIpc) is 1.96. The van der Waals surface area contributed by atoms with Crippen molar-refractivity contribution < 1.29 is 18.4 Å². The molecule has 0 spiro atoms. The lowest BCUT2D eigenvalue weighted by atomic mass is 10.1. The number of alkyl halides is 3. The van der Waals surface area contributed by atoms with Crippen LogP contribution >= 0.6 is 0 Å². The minimum absolute atomic E-state index is 0.324. The van der Waals surface area contributed by atoms with Gasteiger partial charge in [0.05, 0.1) is 0 Å². The first-order valence-electron chi connectivity index (χ1n) is 3.42. The Bertz CT molecular complexity index is 263. The number of hydrogen-bond acceptors (Lipinski definition) is 2. The molecule has 0 rings (SSSR count). The zero-order valence-electron chi connectivity index (χ0n) is 7.31. The molecule has 5 heteroatoms. The lowest BCUT2D eigenvalue weighted by Crippen LogP contribution is -2.21. The van der Waals surface area contributed by atoms with E-state index in [-0.39, 0.29) is 0 Å². The van der Waals surface area contributed by atoms with Gasteiger partial charge in [0.15, 0.2) is 5.71 Å². The van der Waals surface area contributed by atoms with Gasteiger partial charge in [-0.3, -0.25) is 0 Å². The molecule has 0 saturated carbocycles. The Morgan fingerprint density at radius 2 is 1.85 bits per heavy atom. The third-order valence-corrected chi connectivity index (χ3v) is 1.42. The van der Waals surface area contributed by atoms with E-state index >= 15 is 0 Å². The monoisotopic (exact) mass is 193 g/mol. The van der Waals surface area contributed by atoms with Crippen molar-refractivity contribution >= 4 is 5.71 Å². The summed E-state index contributed by atoms with van der Waals surface area (Å²) in [6.07, 6.45) is -3.90. The van der Waals surface area contributed by atoms with E-state index in [0.717, 1.165) is 6.08 Å². The first-order valence-corrected chi connectivity index (χ1v) is 3.42. The Hall–Kier alpha value is -1.26. The summed E-state index contributed by atoms with van der Waals surface area (Å²) in [5, 5.41) is 10.2. The van der Waals surface area contributed by atoms with Crippen LogP contribution < -0.4 is 0 Å². The molecule has 0 saturated heterocycles. The summed E-state index contributed by atoms with van der Waals surface area (Å²) in [4.78, 5) is 0. The van der Waals surface area contributed by atoms with Crippen LogP contribution in [0.2, 0.25) is 0 Å². The van der Waals surface area contributed by atoms with Gasteiger partial charge in [0.1, 0.15) is 0 Å². The van der Waals surface area contributed by atoms with Crippen molar-refractivity contribution in [2.24, 2.45) is 5.16 Å². The summed E-state index contributed by atoms with van der Waals surface area (Å²) in [5.74, 6) is 0. The normalized spacial score (nSPS) is 14.5. The number of oxime groups is 1. The summed E-state index contributed by atoms with van der Waals surface area (Å²) in [6.45, 7) is 6.48. The lowest BCUT2D eigenvalue weighted by molar-refractivity contribution is -0.0597. The van der Waals surface area contributed by atoms with E-state index in [1.807, 2.05) is 0 Å². The number of allylic oxidation sites excluding steroid dienone is 3. The van der Waals surface area contributed by atoms with Gasteiger partial charge in [0, 0.05) is 0 Å². The van der Waals surface area contributed by atoms with E-state index in [0.29, 0.717) is 11.1 Å². The molecule has 0 radical (unpaired) electrons. The van der Waals surface area contributed by atoms with Crippen molar-refractivity contribution in [2.75, 3.05) is 0 Å². The highest BCUT2D eigenvalue weighted by Crippen LogP contribution is 2.20. The van der Waals surface area contributed by atoms with Crippen LogP contribution in [-0.4, -0.2) is 17.1 Å². The van der Waals surface area contributed by atoms with Gasteiger partial charge in [-0.05, 0) is 25.5 Å². The van der Waals surface area contributed by atoms with Crippen LogP contribution in [0.4, 0.5) is 13.2 Å². The zero-order chi connectivity index (χ0) is 10.6. The van der Waals surface area contributed by atoms with E-state index < -0.39 is 11.9 Å². The van der Waals surface area contributed by atoms with Gasteiger partial charge in [-0.2, -0.15) is 13.2 Å².